The zero-order valence-corrected chi connectivity index (χ0v) is 18.5. The maximum Gasteiger partial charge on any atom is 0.325 e. The molecule has 3 atom stereocenters. The summed E-state index contributed by atoms with van der Waals surface area (Å²) >= 11 is 0. The molecule has 10 heteroatoms. The average Bonchev–Trinajstić information content (AvgIpc) is 3.15. The van der Waals surface area contributed by atoms with Gasteiger partial charge in [-0.1, -0.05) is 32.0 Å². The molecule has 2 aromatic rings. The second-order valence-corrected chi connectivity index (χ2v) is 8.15. The first-order valence-electron chi connectivity index (χ1n) is 10.5. The fraction of sp³-hybridized carbons (Fsp3) is 0.455. The van der Waals surface area contributed by atoms with Gasteiger partial charge in [-0.05, 0) is 30.9 Å². The molecular weight excluding hydrogens is 414 g/mol. The van der Waals surface area contributed by atoms with Crippen molar-refractivity contribution in [2.45, 2.75) is 51.7 Å². The monoisotopic (exact) mass is 445 g/mol. The molecule has 10 nitrogen and oxygen atoms in total. The van der Waals surface area contributed by atoms with E-state index < -0.39 is 41.8 Å². The molecule has 0 fully saturated rings. The minimum absolute atomic E-state index is 0.0942. The number of carboxylic acids is 1. The van der Waals surface area contributed by atoms with Crippen molar-refractivity contribution >= 4 is 34.6 Å². The van der Waals surface area contributed by atoms with Crippen molar-refractivity contribution in [2.75, 3.05) is 6.54 Å². The SMILES string of the molecule is CC(C)CC(NC(=O)CN)C(=O)NC(Cc1c[nH]c2ccccc12)C(=O)NC(C)C(=O)O. The number of carbonyl (C=O) groups is 4. The summed E-state index contributed by atoms with van der Waals surface area (Å²) in [6, 6.07) is 4.46. The number of benzene rings is 1. The van der Waals surface area contributed by atoms with Crippen molar-refractivity contribution in [1.82, 2.24) is 20.9 Å². The summed E-state index contributed by atoms with van der Waals surface area (Å²) in [5, 5.41) is 17.7. The molecule has 1 aromatic heterocycles. The van der Waals surface area contributed by atoms with Crippen molar-refractivity contribution in [3.8, 4) is 0 Å². The summed E-state index contributed by atoms with van der Waals surface area (Å²) in [5.41, 5.74) is 7.02. The fourth-order valence-corrected chi connectivity index (χ4v) is 3.33. The Balaban J connectivity index is 2.27. The molecule has 0 saturated carbocycles. The summed E-state index contributed by atoms with van der Waals surface area (Å²) in [6.45, 7) is 4.88. The standard InChI is InChI=1S/C22H31N5O5/c1-12(2)8-17(26-19(28)10-23)21(30)27-18(20(29)25-13(3)22(31)32)9-14-11-24-16-7-5-4-6-15(14)16/h4-7,11-13,17-18,24H,8-10,23H2,1-3H3,(H,25,29)(H,26,28)(H,27,30)(H,31,32). The van der Waals surface area contributed by atoms with Gasteiger partial charge in [0, 0.05) is 23.5 Å². The molecule has 2 rings (SSSR count). The van der Waals surface area contributed by atoms with Crippen LogP contribution in [0.2, 0.25) is 0 Å². The molecule has 3 amide bonds. The van der Waals surface area contributed by atoms with Crippen LogP contribution >= 0.6 is 0 Å². The lowest BCUT2D eigenvalue weighted by Crippen LogP contribution is -2.56. The number of hydrogen-bond acceptors (Lipinski definition) is 5. The molecule has 1 heterocycles. The van der Waals surface area contributed by atoms with E-state index in [2.05, 4.69) is 20.9 Å². The third-order valence-corrected chi connectivity index (χ3v) is 5.01. The van der Waals surface area contributed by atoms with Gasteiger partial charge in [0.1, 0.15) is 18.1 Å². The number of nitrogens with two attached hydrogens (primary N) is 1. The van der Waals surface area contributed by atoms with Gasteiger partial charge >= 0.3 is 5.97 Å². The Morgan fingerprint density at radius 1 is 1.00 bits per heavy atom. The maximum absolute atomic E-state index is 13.0. The Morgan fingerprint density at radius 2 is 1.66 bits per heavy atom. The summed E-state index contributed by atoms with van der Waals surface area (Å²) < 4.78 is 0. The van der Waals surface area contributed by atoms with Crippen molar-refractivity contribution in [3.05, 3.63) is 36.0 Å². The van der Waals surface area contributed by atoms with Gasteiger partial charge in [0.15, 0.2) is 0 Å². The van der Waals surface area contributed by atoms with Crippen LogP contribution in [-0.2, 0) is 25.6 Å². The lowest BCUT2D eigenvalue weighted by molar-refractivity contribution is -0.141. The maximum atomic E-state index is 13.0. The molecule has 32 heavy (non-hydrogen) atoms. The number of carbonyl (C=O) groups excluding carboxylic acids is 3. The van der Waals surface area contributed by atoms with E-state index >= 15 is 0 Å². The molecule has 0 aliphatic rings. The highest BCUT2D eigenvalue weighted by Gasteiger charge is 2.29. The van der Waals surface area contributed by atoms with E-state index in [0.717, 1.165) is 16.5 Å². The number of nitrogens with one attached hydrogen (secondary N) is 4. The molecule has 0 spiro atoms. The first-order chi connectivity index (χ1) is 15.1. The van der Waals surface area contributed by atoms with Gasteiger partial charge in [0.25, 0.3) is 0 Å². The number of aromatic nitrogens is 1. The summed E-state index contributed by atoms with van der Waals surface area (Å²) in [6.07, 6.45) is 2.23. The van der Waals surface area contributed by atoms with Crippen molar-refractivity contribution in [3.63, 3.8) is 0 Å². The molecule has 0 bridgehead atoms. The van der Waals surface area contributed by atoms with Crippen LogP contribution in [0.3, 0.4) is 0 Å². The predicted octanol–water partition coefficient (Wildman–Crippen LogP) is 0.274. The lowest BCUT2D eigenvalue weighted by Gasteiger charge is -2.24. The smallest absolute Gasteiger partial charge is 0.325 e. The van der Waals surface area contributed by atoms with Crippen LogP contribution in [0.1, 0.15) is 32.8 Å². The molecule has 7 N–H and O–H groups in total. The summed E-state index contributed by atoms with van der Waals surface area (Å²) in [7, 11) is 0. The molecular formula is C22H31N5O5. The van der Waals surface area contributed by atoms with Crippen LogP contribution < -0.4 is 21.7 Å². The molecule has 0 aliphatic heterocycles. The highest BCUT2D eigenvalue weighted by molar-refractivity contribution is 5.94. The Morgan fingerprint density at radius 3 is 2.28 bits per heavy atom. The summed E-state index contributed by atoms with van der Waals surface area (Å²) in [4.78, 5) is 52.0. The Hall–Kier alpha value is -3.40. The molecule has 1 aromatic carbocycles. The quantitative estimate of drug-likeness (QED) is 0.290. The predicted molar refractivity (Wildman–Crippen MR) is 120 cm³/mol. The zero-order chi connectivity index (χ0) is 23.8. The molecule has 0 aliphatic carbocycles. The fourth-order valence-electron chi connectivity index (χ4n) is 3.33. The van der Waals surface area contributed by atoms with Crippen molar-refractivity contribution in [2.24, 2.45) is 11.7 Å². The Bertz CT molecular complexity index is 971. The highest BCUT2D eigenvalue weighted by Crippen LogP contribution is 2.19. The Kier molecular flexibility index (Phi) is 8.77. The van der Waals surface area contributed by atoms with Gasteiger partial charge in [0.2, 0.25) is 17.7 Å². The van der Waals surface area contributed by atoms with E-state index in [1.165, 1.54) is 6.92 Å². The van der Waals surface area contributed by atoms with Crippen LogP contribution in [0.4, 0.5) is 0 Å². The number of para-hydroxylation sites is 1. The third kappa shape index (κ3) is 6.81. The van der Waals surface area contributed by atoms with Gasteiger partial charge in [-0.3, -0.25) is 19.2 Å². The molecule has 0 radical (unpaired) electrons. The van der Waals surface area contributed by atoms with E-state index in [4.69, 9.17) is 10.8 Å². The van der Waals surface area contributed by atoms with E-state index in [1.54, 1.807) is 6.20 Å². The van der Waals surface area contributed by atoms with Crippen LogP contribution in [0, 0.1) is 5.92 Å². The van der Waals surface area contributed by atoms with E-state index in [9.17, 15) is 19.2 Å². The van der Waals surface area contributed by atoms with E-state index in [1.807, 2.05) is 38.1 Å². The molecule has 174 valence electrons. The number of aromatic amines is 1. The van der Waals surface area contributed by atoms with E-state index in [0.29, 0.717) is 6.42 Å². The van der Waals surface area contributed by atoms with Gasteiger partial charge in [-0.2, -0.15) is 0 Å². The topological polar surface area (TPSA) is 166 Å². The first kappa shape index (κ1) is 24.9. The number of amides is 3. The minimum Gasteiger partial charge on any atom is -0.480 e. The largest absolute Gasteiger partial charge is 0.480 e. The lowest BCUT2D eigenvalue weighted by atomic mass is 10.0. The van der Waals surface area contributed by atoms with Crippen LogP contribution in [0.25, 0.3) is 10.9 Å². The Labute approximate surface area is 186 Å². The second-order valence-electron chi connectivity index (χ2n) is 8.15. The summed E-state index contributed by atoms with van der Waals surface area (Å²) in [5.74, 6) is -2.75. The number of hydrogen-bond donors (Lipinski definition) is 6. The normalized spacial score (nSPS) is 13.9. The zero-order valence-electron chi connectivity index (χ0n) is 18.5. The number of aliphatic carboxylic acids is 1. The van der Waals surface area contributed by atoms with Crippen LogP contribution in [0.15, 0.2) is 30.5 Å². The van der Waals surface area contributed by atoms with Crippen LogP contribution in [0.5, 0.6) is 0 Å². The van der Waals surface area contributed by atoms with E-state index in [-0.39, 0.29) is 18.9 Å². The highest BCUT2D eigenvalue weighted by atomic mass is 16.4. The second kappa shape index (κ2) is 11.3. The minimum atomic E-state index is -1.19. The molecule has 0 saturated heterocycles. The number of fused-ring (bicyclic) bond motifs is 1. The number of carboxylic acid groups (broad SMARTS) is 1. The first-order valence-corrected chi connectivity index (χ1v) is 10.5. The van der Waals surface area contributed by atoms with Gasteiger partial charge in [0.05, 0.1) is 6.54 Å². The number of H-pyrrole nitrogens is 1. The third-order valence-electron chi connectivity index (χ3n) is 5.01. The molecule has 3 unspecified atom stereocenters. The van der Waals surface area contributed by atoms with Crippen LogP contribution in [-0.4, -0.2) is 58.5 Å². The van der Waals surface area contributed by atoms with Crippen molar-refractivity contribution < 1.29 is 24.3 Å². The van der Waals surface area contributed by atoms with Crippen molar-refractivity contribution in [1.29, 1.82) is 0 Å². The van der Waals surface area contributed by atoms with Gasteiger partial charge in [-0.25, -0.2) is 0 Å². The van der Waals surface area contributed by atoms with Gasteiger partial charge in [-0.15, -0.1) is 0 Å². The average molecular weight is 446 g/mol. The van der Waals surface area contributed by atoms with Gasteiger partial charge < -0.3 is 31.8 Å². The number of rotatable bonds is 11.